The second kappa shape index (κ2) is 6.81. The molecule has 0 atom stereocenters. The fraction of sp³-hybridized carbons (Fsp3) is 0.267. The van der Waals surface area contributed by atoms with Crippen LogP contribution in [0.1, 0.15) is 12.0 Å². The molecule has 0 amide bonds. The standard InChI is InChI=1S/C15H17BrFN3/c1-11-5-2-3-6-14(11)20(8-4-7-18)15-13(17)9-12(16)10-19-15/h2-3,5-6,9-10H,4,7-8,18H2,1H3. The highest BCUT2D eigenvalue weighted by molar-refractivity contribution is 9.10. The molecule has 1 heterocycles. The molecule has 5 heteroatoms. The zero-order chi connectivity index (χ0) is 14.5. The van der Waals surface area contributed by atoms with Crippen LogP contribution < -0.4 is 10.6 Å². The first-order valence-electron chi connectivity index (χ1n) is 6.47. The number of pyridine rings is 1. The minimum Gasteiger partial charge on any atom is -0.330 e. The van der Waals surface area contributed by atoms with Crippen LogP contribution in [-0.2, 0) is 0 Å². The summed E-state index contributed by atoms with van der Waals surface area (Å²) in [5.74, 6) is -0.0180. The molecule has 106 valence electrons. The lowest BCUT2D eigenvalue weighted by atomic mass is 10.1. The Balaban J connectivity index is 2.44. The van der Waals surface area contributed by atoms with Gasteiger partial charge in [-0.2, -0.15) is 0 Å². The first-order chi connectivity index (χ1) is 9.63. The minimum absolute atomic E-state index is 0.330. The van der Waals surface area contributed by atoms with Crippen molar-refractivity contribution in [2.45, 2.75) is 13.3 Å². The summed E-state index contributed by atoms with van der Waals surface area (Å²) in [5.41, 5.74) is 7.62. The quantitative estimate of drug-likeness (QED) is 0.902. The molecule has 1 aromatic carbocycles. The van der Waals surface area contributed by atoms with E-state index in [2.05, 4.69) is 20.9 Å². The third kappa shape index (κ3) is 3.35. The maximum atomic E-state index is 14.2. The molecule has 0 aliphatic carbocycles. The molecule has 2 aromatic rings. The highest BCUT2D eigenvalue weighted by Crippen LogP contribution is 2.29. The lowest BCUT2D eigenvalue weighted by Crippen LogP contribution is -2.23. The topological polar surface area (TPSA) is 42.1 Å². The molecule has 2 rings (SSSR count). The van der Waals surface area contributed by atoms with E-state index in [1.54, 1.807) is 6.20 Å². The highest BCUT2D eigenvalue weighted by Gasteiger charge is 2.16. The van der Waals surface area contributed by atoms with Gasteiger partial charge in [0.15, 0.2) is 11.6 Å². The third-order valence-electron chi connectivity index (χ3n) is 3.04. The molecule has 3 nitrogen and oxygen atoms in total. The predicted octanol–water partition coefficient (Wildman–Crippen LogP) is 3.78. The van der Waals surface area contributed by atoms with Crippen LogP contribution in [0.15, 0.2) is 41.0 Å². The number of hydrogen-bond acceptors (Lipinski definition) is 3. The Morgan fingerprint density at radius 1 is 1.35 bits per heavy atom. The van der Waals surface area contributed by atoms with Gasteiger partial charge in [-0.1, -0.05) is 18.2 Å². The summed E-state index contributed by atoms with van der Waals surface area (Å²) in [6, 6.07) is 9.30. The van der Waals surface area contributed by atoms with Gasteiger partial charge in [0, 0.05) is 22.9 Å². The SMILES string of the molecule is Cc1ccccc1N(CCCN)c1ncc(Br)cc1F. The second-order valence-electron chi connectivity index (χ2n) is 4.54. The Bertz CT molecular complexity index is 589. The van der Waals surface area contributed by atoms with Gasteiger partial charge in [0.25, 0.3) is 0 Å². The van der Waals surface area contributed by atoms with E-state index in [1.807, 2.05) is 36.1 Å². The van der Waals surface area contributed by atoms with Gasteiger partial charge in [-0.25, -0.2) is 9.37 Å². The molecule has 0 aliphatic rings. The van der Waals surface area contributed by atoms with Crippen LogP contribution in [-0.4, -0.2) is 18.1 Å². The Labute approximate surface area is 126 Å². The van der Waals surface area contributed by atoms with Crippen molar-refractivity contribution in [3.63, 3.8) is 0 Å². The van der Waals surface area contributed by atoms with Crippen molar-refractivity contribution in [1.29, 1.82) is 0 Å². The van der Waals surface area contributed by atoms with E-state index in [4.69, 9.17) is 5.73 Å². The van der Waals surface area contributed by atoms with Gasteiger partial charge < -0.3 is 10.6 Å². The van der Waals surface area contributed by atoms with Gasteiger partial charge in [0.1, 0.15) is 0 Å². The zero-order valence-electron chi connectivity index (χ0n) is 11.3. The summed E-state index contributed by atoms with van der Waals surface area (Å²) in [7, 11) is 0. The Kier molecular flexibility index (Phi) is 5.09. The molecule has 20 heavy (non-hydrogen) atoms. The maximum Gasteiger partial charge on any atom is 0.169 e. The van der Waals surface area contributed by atoms with Crippen molar-refractivity contribution < 1.29 is 4.39 Å². The van der Waals surface area contributed by atoms with E-state index >= 15 is 0 Å². The molecular weight excluding hydrogens is 321 g/mol. The van der Waals surface area contributed by atoms with Crippen molar-refractivity contribution in [3.05, 3.63) is 52.4 Å². The number of anilines is 2. The Hall–Kier alpha value is -1.46. The van der Waals surface area contributed by atoms with Crippen molar-refractivity contribution in [3.8, 4) is 0 Å². The molecule has 0 spiro atoms. The van der Waals surface area contributed by atoms with Crippen molar-refractivity contribution in [1.82, 2.24) is 4.98 Å². The van der Waals surface area contributed by atoms with Crippen LogP contribution in [0.4, 0.5) is 15.9 Å². The van der Waals surface area contributed by atoms with Crippen LogP contribution >= 0.6 is 15.9 Å². The number of nitrogens with two attached hydrogens (primary N) is 1. The second-order valence-corrected chi connectivity index (χ2v) is 5.45. The summed E-state index contributed by atoms with van der Waals surface area (Å²) < 4.78 is 14.8. The number of rotatable bonds is 5. The number of hydrogen-bond donors (Lipinski definition) is 1. The number of aromatic nitrogens is 1. The monoisotopic (exact) mass is 337 g/mol. The number of para-hydroxylation sites is 1. The summed E-state index contributed by atoms with van der Waals surface area (Å²) in [5, 5.41) is 0. The van der Waals surface area contributed by atoms with Crippen LogP contribution in [0.2, 0.25) is 0 Å². The number of benzene rings is 1. The molecule has 0 bridgehead atoms. The van der Waals surface area contributed by atoms with Crippen LogP contribution in [0, 0.1) is 12.7 Å². The normalized spacial score (nSPS) is 10.6. The molecule has 0 saturated heterocycles. The van der Waals surface area contributed by atoms with Gasteiger partial charge >= 0.3 is 0 Å². The van der Waals surface area contributed by atoms with Gasteiger partial charge in [-0.3, -0.25) is 0 Å². The maximum absolute atomic E-state index is 14.2. The molecule has 2 N–H and O–H groups in total. The average Bonchev–Trinajstić information content (AvgIpc) is 2.42. The smallest absolute Gasteiger partial charge is 0.169 e. The molecule has 0 radical (unpaired) electrons. The van der Waals surface area contributed by atoms with E-state index in [-0.39, 0.29) is 5.82 Å². The summed E-state index contributed by atoms with van der Waals surface area (Å²) in [4.78, 5) is 6.09. The minimum atomic E-state index is -0.348. The summed E-state index contributed by atoms with van der Waals surface area (Å²) in [6.07, 6.45) is 2.37. The Morgan fingerprint density at radius 2 is 2.10 bits per heavy atom. The lowest BCUT2D eigenvalue weighted by Gasteiger charge is -2.25. The molecule has 0 unspecified atom stereocenters. The fourth-order valence-electron chi connectivity index (χ4n) is 2.06. The largest absolute Gasteiger partial charge is 0.330 e. The van der Waals surface area contributed by atoms with Crippen molar-refractivity contribution in [2.75, 3.05) is 18.0 Å². The van der Waals surface area contributed by atoms with E-state index in [0.717, 1.165) is 17.7 Å². The number of halogens is 2. The molecular formula is C15H17BrFN3. The van der Waals surface area contributed by atoms with E-state index in [1.165, 1.54) is 6.07 Å². The van der Waals surface area contributed by atoms with Crippen LogP contribution in [0.3, 0.4) is 0 Å². The van der Waals surface area contributed by atoms with Gasteiger partial charge in [0.2, 0.25) is 0 Å². The molecule has 1 aromatic heterocycles. The predicted molar refractivity (Wildman–Crippen MR) is 83.8 cm³/mol. The van der Waals surface area contributed by atoms with E-state index < -0.39 is 0 Å². The summed E-state index contributed by atoms with van der Waals surface area (Å²) in [6.45, 7) is 3.19. The number of nitrogens with zero attached hydrogens (tertiary/aromatic N) is 2. The number of aryl methyl sites for hydroxylation is 1. The van der Waals surface area contributed by atoms with Gasteiger partial charge in [0.05, 0.1) is 0 Å². The van der Waals surface area contributed by atoms with Gasteiger partial charge in [-0.05, 0) is 53.5 Å². The van der Waals surface area contributed by atoms with E-state index in [0.29, 0.717) is 23.4 Å². The third-order valence-corrected chi connectivity index (χ3v) is 3.47. The average molecular weight is 338 g/mol. The fourth-order valence-corrected chi connectivity index (χ4v) is 2.37. The van der Waals surface area contributed by atoms with Crippen LogP contribution in [0.25, 0.3) is 0 Å². The van der Waals surface area contributed by atoms with Crippen molar-refractivity contribution in [2.24, 2.45) is 5.73 Å². The van der Waals surface area contributed by atoms with Gasteiger partial charge in [-0.15, -0.1) is 0 Å². The van der Waals surface area contributed by atoms with Crippen LogP contribution in [0.5, 0.6) is 0 Å². The highest BCUT2D eigenvalue weighted by atomic mass is 79.9. The van der Waals surface area contributed by atoms with E-state index in [9.17, 15) is 4.39 Å². The molecule has 0 fully saturated rings. The first-order valence-corrected chi connectivity index (χ1v) is 7.27. The molecule has 0 aliphatic heterocycles. The van der Waals surface area contributed by atoms with Crippen molar-refractivity contribution >= 4 is 27.4 Å². The summed E-state index contributed by atoms with van der Waals surface area (Å²) >= 11 is 3.23. The Morgan fingerprint density at radius 3 is 2.75 bits per heavy atom. The lowest BCUT2D eigenvalue weighted by molar-refractivity contribution is 0.615. The molecule has 0 saturated carbocycles. The first kappa shape index (κ1) is 14.9. The zero-order valence-corrected chi connectivity index (χ0v) is 12.9.